The standard InChI is InChI=1S/C21H38N4O2/c1-21(2,3)22-19(26)15-23-10-12-25(13-11-23)20(27)16-24-9-8-17-6-4-5-7-18(17)14-24/h17-18H,4-16H2,1-3H3,(H,22,26)/p+2/t17-,18+/m0/s1. The number of quaternary nitrogens is 2. The Labute approximate surface area is 164 Å². The molecule has 0 aromatic rings. The lowest BCUT2D eigenvalue weighted by atomic mass is 9.75. The van der Waals surface area contributed by atoms with E-state index in [9.17, 15) is 9.59 Å². The molecule has 0 bridgehead atoms. The Balaban J connectivity index is 1.38. The first-order valence-corrected chi connectivity index (χ1v) is 11.1. The molecule has 6 nitrogen and oxygen atoms in total. The maximum atomic E-state index is 12.8. The first-order valence-electron chi connectivity index (χ1n) is 11.1. The van der Waals surface area contributed by atoms with Gasteiger partial charge in [0.25, 0.3) is 11.8 Å². The molecule has 3 rings (SSSR count). The molecule has 3 fully saturated rings. The molecule has 0 aromatic heterocycles. The van der Waals surface area contributed by atoms with Gasteiger partial charge in [-0.3, -0.25) is 9.59 Å². The molecule has 0 radical (unpaired) electrons. The largest absolute Gasteiger partial charge is 0.347 e. The maximum Gasteiger partial charge on any atom is 0.278 e. The number of nitrogens with one attached hydrogen (secondary N) is 3. The fourth-order valence-electron chi connectivity index (χ4n) is 5.22. The van der Waals surface area contributed by atoms with Gasteiger partial charge < -0.3 is 20.0 Å². The Morgan fingerprint density at radius 1 is 0.926 bits per heavy atom. The average Bonchev–Trinajstić information content (AvgIpc) is 2.60. The van der Waals surface area contributed by atoms with E-state index in [1.54, 1.807) is 0 Å². The summed E-state index contributed by atoms with van der Waals surface area (Å²) in [4.78, 5) is 29.7. The summed E-state index contributed by atoms with van der Waals surface area (Å²) in [5.41, 5.74) is -0.178. The highest BCUT2D eigenvalue weighted by molar-refractivity contribution is 5.78. The number of carbonyl (C=O) groups excluding carboxylic acids is 2. The minimum Gasteiger partial charge on any atom is -0.347 e. The SMILES string of the molecule is CC(C)(C)NC(=O)C[NH+]1CCN(C(=O)C[NH+]2CC[C@@H]3CCCC[C@@H]3C2)CC1. The van der Waals surface area contributed by atoms with E-state index >= 15 is 0 Å². The third kappa shape index (κ3) is 6.18. The molecule has 1 saturated carbocycles. The predicted octanol–water partition coefficient (Wildman–Crippen LogP) is -1.28. The zero-order chi connectivity index (χ0) is 19.4. The van der Waals surface area contributed by atoms with Gasteiger partial charge in [-0.1, -0.05) is 12.8 Å². The van der Waals surface area contributed by atoms with Gasteiger partial charge in [-0.25, -0.2) is 0 Å². The fraction of sp³-hybridized carbons (Fsp3) is 0.905. The lowest BCUT2D eigenvalue weighted by Crippen LogP contribution is -3.17. The fourth-order valence-corrected chi connectivity index (χ4v) is 5.22. The van der Waals surface area contributed by atoms with E-state index in [2.05, 4.69) is 5.32 Å². The van der Waals surface area contributed by atoms with E-state index in [1.807, 2.05) is 25.7 Å². The Morgan fingerprint density at radius 2 is 1.59 bits per heavy atom. The van der Waals surface area contributed by atoms with E-state index in [4.69, 9.17) is 0 Å². The third-order valence-corrected chi connectivity index (χ3v) is 6.64. The first-order chi connectivity index (χ1) is 12.8. The highest BCUT2D eigenvalue weighted by atomic mass is 16.2. The van der Waals surface area contributed by atoms with Crippen molar-refractivity contribution >= 4 is 11.8 Å². The van der Waals surface area contributed by atoms with Crippen molar-refractivity contribution in [3.8, 4) is 0 Å². The van der Waals surface area contributed by atoms with Crippen LogP contribution in [0.5, 0.6) is 0 Å². The number of likely N-dealkylation sites (tertiary alicyclic amines) is 1. The van der Waals surface area contributed by atoms with Crippen molar-refractivity contribution in [1.82, 2.24) is 10.2 Å². The molecule has 3 atom stereocenters. The first kappa shape index (κ1) is 20.6. The normalized spacial score (nSPS) is 29.9. The summed E-state index contributed by atoms with van der Waals surface area (Å²) in [6, 6.07) is 0. The second-order valence-corrected chi connectivity index (χ2v) is 10.1. The van der Waals surface area contributed by atoms with Crippen LogP contribution in [0.15, 0.2) is 0 Å². The minimum atomic E-state index is -0.178. The predicted molar refractivity (Wildman–Crippen MR) is 106 cm³/mol. The number of fused-ring (bicyclic) bond motifs is 1. The molecule has 3 N–H and O–H groups in total. The van der Waals surface area contributed by atoms with Crippen LogP contribution in [0.3, 0.4) is 0 Å². The van der Waals surface area contributed by atoms with Crippen LogP contribution in [0.25, 0.3) is 0 Å². The van der Waals surface area contributed by atoms with Crippen LogP contribution in [0.4, 0.5) is 0 Å². The number of amides is 2. The zero-order valence-corrected chi connectivity index (χ0v) is 17.6. The number of rotatable bonds is 4. The monoisotopic (exact) mass is 380 g/mol. The molecular weight excluding hydrogens is 340 g/mol. The number of carbonyl (C=O) groups is 2. The van der Waals surface area contributed by atoms with Gasteiger partial charge >= 0.3 is 0 Å². The van der Waals surface area contributed by atoms with E-state index in [1.165, 1.54) is 55.0 Å². The molecular formula is C21H40N4O2+2. The second kappa shape index (κ2) is 8.91. The Morgan fingerprint density at radius 3 is 2.26 bits per heavy atom. The third-order valence-electron chi connectivity index (χ3n) is 6.64. The van der Waals surface area contributed by atoms with Crippen molar-refractivity contribution < 1.29 is 19.4 Å². The number of hydrogen-bond acceptors (Lipinski definition) is 2. The van der Waals surface area contributed by atoms with Gasteiger partial charge in [0.15, 0.2) is 13.1 Å². The summed E-state index contributed by atoms with van der Waals surface area (Å²) in [5, 5.41) is 3.03. The van der Waals surface area contributed by atoms with Gasteiger partial charge in [-0.05, 0) is 46.0 Å². The summed E-state index contributed by atoms with van der Waals surface area (Å²) in [5.74, 6) is 2.22. The molecule has 6 heteroatoms. The van der Waals surface area contributed by atoms with Crippen LogP contribution >= 0.6 is 0 Å². The van der Waals surface area contributed by atoms with Gasteiger partial charge in [-0.15, -0.1) is 0 Å². The molecule has 27 heavy (non-hydrogen) atoms. The number of hydrogen-bond donors (Lipinski definition) is 3. The second-order valence-electron chi connectivity index (χ2n) is 10.1. The van der Waals surface area contributed by atoms with Crippen molar-refractivity contribution in [2.24, 2.45) is 11.8 Å². The molecule has 1 aliphatic carbocycles. The van der Waals surface area contributed by atoms with Crippen molar-refractivity contribution in [3.05, 3.63) is 0 Å². The van der Waals surface area contributed by atoms with Crippen molar-refractivity contribution in [3.63, 3.8) is 0 Å². The lowest BCUT2D eigenvalue weighted by Gasteiger charge is -2.39. The van der Waals surface area contributed by atoms with Gasteiger partial charge in [0.2, 0.25) is 0 Å². The molecule has 2 saturated heterocycles. The van der Waals surface area contributed by atoms with Crippen LogP contribution in [-0.2, 0) is 9.59 Å². The number of piperazine rings is 1. The molecule has 0 spiro atoms. The lowest BCUT2D eigenvalue weighted by molar-refractivity contribution is -0.904. The molecule has 2 amide bonds. The van der Waals surface area contributed by atoms with E-state index < -0.39 is 0 Å². The topological polar surface area (TPSA) is 58.3 Å². The van der Waals surface area contributed by atoms with Crippen LogP contribution in [0, 0.1) is 11.8 Å². The van der Waals surface area contributed by atoms with Crippen LogP contribution in [0.2, 0.25) is 0 Å². The summed E-state index contributed by atoms with van der Waals surface area (Å²) in [6.07, 6.45) is 6.90. The van der Waals surface area contributed by atoms with Crippen molar-refractivity contribution in [2.45, 2.75) is 58.4 Å². The smallest absolute Gasteiger partial charge is 0.278 e. The molecule has 3 aliphatic rings. The van der Waals surface area contributed by atoms with Gasteiger partial charge in [0, 0.05) is 11.5 Å². The van der Waals surface area contributed by atoms with Gasteiger partial charge in [0.05, 0.1) is 39.3 Å². The van der Waals surface area contributed by atoms with Crippen molar-refractivity contribution in [2.75, 3.05) is 52.4 Å². The summed E-state index contributed by atoms with van der Waals surface area (Å²) in [7, 11) is 0. The van der Waals surface area contributed by atoms with Crippen LogP contribution in [-0.4, -0.2) is 74.6 Å². The highest BCUT2D eigenvalue weighted by Gasteiger charge is 2.35. The quantitative estimate of drug-likeness (QED) is 0.569. The van der Waals surface area contributed by atoms with Crippen LogP contribution in [0.1, 0.15) is 52.9 Å². The summed E-state index contributed by atoms with van der Waals surface area (Å²) >= 11 is 0. The minimum absolute atomic E-state index is 0.108. The Bertz CT molecular complexity index is 523. The highest BCUT2D eigenvalue weighted by Crippen LogP contribution is 2.32. The Hall–Kier alpha value is -1.14. The van der Waals surface area contributed by atoms with E-state index in [0.717, 1.165) is 38.0 Å². The van der Waals surface area contributed by atoms with E-state index in [-0.39, 0.29) is 11.4 Å². The van der Waals surface area contributed by atoms with Gasteiger partial charge in [-0.2, -0.15) is 0 Å². The molecule has 0 aromatic carbocycles. The Kier molecular flexibility index (Phi) is 6.79. The van der Waals surface area contributed by atoms with Gasteiger partial charge in [0.1, 0.15) is 0 Å². The molecule has 2 aliphatic heterocycles. The molecule has 1 unspecified atom stereocenters. The van der Waals surface area contributed by atoms with E-state index in [0.29, 0.717) is 19.0 Å². The molecule has 2 heterocycles. The van der Waals surface area contributed by atoms with Crippen molar-refractivity contribution in [1.29, 1.82) is 0 Å². The number of piperidine rings is 1. The summed E-state index contributed by atoms with van der Waals surface area (Å²) < 4.78 is 0. The zero-order valence-electron chi connectivity index (χ0n) is 17.6. The number of nitrogens with zero attached hydrogens (tertiary/aromatic N) is 1. The summed E-state index contributed by atoms with van der Waals surface area (Å²) in [6.45, 7) is 12.9. The molecule has 154 valence electrons. The van der Waals surface area contributed by atoms with Crippen LogP contribution < -0.4 is 15.1 Å². The maximum absolute atomic E-state index is 12.8. The average molecular weight is 381 g/mol.